The third-order valence-electron chi connectivity index (χ3n) is 13.3. The van der Waals surface area contributed by atoms with Crippen LogP contribution < -0.4 is 9.80 Å². The van der Waals surface area contributed by atoms with Gasteiger partial charge < -0.3 is 29.1 Å². The Morgan fingerprint density at radius 2 is 1.25 bits per heavy atom. The van der Waals surface area contributed by atoms with Crippen molar-refractivity contribution in [1.82, 2.24) is 19.8 Å². The molecule has 2 aromatic carbocycles. The summed E-state index contributed by atoms with van der Waals surface area (Å²) in [6.07, 6.45) is 4.61. The number of hydrogen-bond acceptors (Lipinski definition) is 12. The lowest BCUT2D eigenvalue weighted by molar-refractivity contribution is -0.0541. The second-order valence-electron chi connectivity index (χ2n) is 18.8. The van der Waals surface area contributed by atoms with Gasteiger partial charge in [0.25, 0.3) is 0 Å². The number of likely N-dealkylation sites (N-methyl/N-ethyl adjacent to an activating group) is 2. The van der Waals surface area contributed by atoms with Gasteiger partial charge in [0.2, 0.25) is 0 Å². The Kier molecular flexibility index (Phi) is 15.2. The molecule has 4 aliphatic rings. The molecule has 2 aromatic heterocycles. The second kappa shape index (κ2) is 20.7. The van der Waals surface area contributed by atoms with Crippen molar-refractivity contribution in [1.29, 1.82) is 10.5 Å². The lowest BCUT2D eigenvalue weighted by Gasteiger charge is -2.38. The van der Waals surface area contributed by atoms with Crippen molar-refractivity contribution in [3.63, 3.8) is 0 Å². The van der Waals surface area contributed by atoms with Crippen LogP contribution in [0, 0.1) is 28.5 Å². The quantitative estimate of drug-likeness (QED) is 0.126. The summed E-state index contributed by atoms with van der Waals surface area (Å²) < 4.78 is 29.7. The van der Waals surface area contributed by atoms with Gasteiger partial charge in [0.05, 0.1) is 35.5 Å². The highest BCUT2D eigenvalue weighted by molar-refractivity contribution is 7.99. The van der Waals surface area contributed by atoms with Gasteiger partial charge in [-0.1, -0.05) is 47.5 Å². The summed E-state index contributed by atoms with van der Waals surface area (Å²) in [6.45, 7) is 14.2. The Bertz CT molecular complexity index is 2500. The van der Waals surface area contributed by atoms with Crippen molar-refractivity contribution >= 4 is 58.4 Å². The normalized spacial score (nSPS) is 20.3. The van der Waals surface area contributed by atoms with E-state index in [9.17, 15) is 10.5 Å². The molecule has 0 radical (unpaired) electrons. The molecule has 1 unspecified atom stereocenters. The van der Waals surface area contributed by atoms with Gasteiger partial charge in [0.1, 0.15) is 39.6 Å². The first-order valence-electron chi connectivity index (χ1n) is 22.8. The summed E-state index contributed by atoms with van der Waals surface area (Å²) >= 11 is 15.8. The van der Waals surface area contributed by atoms with Crippen LogP contribution in [0.1, 0.15) is 83.7 Å². The molecule has 0 amide bonds. The molecule has 65 heavy (non-hydrogen) atoms. The van der Waals surface area contributed by atoms with Crippen LogP contribution in [-0.2, 0) is 54.8 Å². The van der Waals surface area contributed by atoms with Crippen molar-refractivity contribution < 1.29 is 13.9 Å². The predicted molar refractivity (Wildman–Crippen MR) is 261 cm³/mol. The van der Waals surface area contributed by atoms with Crippen molar-refractivity contribution in [3.8, 4) is 12.1 Å². The molecular weight excluding hydrogens is 899 g/mol. The number of hydrogen-bond donors (Lipinski definition) is 0. The van der Waals surface area contributed by atoms with E-state index in [2.05, 4.69) is 59.7 Å². The first-order valence-corrected chi connectivity index (χ1v) is 25.5. The first-order chi connectivity index (χ1) is 31.2. The minimum atomic E-state index is -0.770. The third-order valence-corrected chi connectivity index (χ3v) is 15.8. The zero-order valence-electron chi connectivity index (χ0n) is 38.2. The molecule has 0 spiro atoms. The van der Waals surface area contributed by atoms with Gasteiger partial charge in [0, 0.05) is 91.2 Å². The lowest BCUT2D eigenvalue weighted by Crippen LogP contribution is -2.40. The van der Waals surface area contributed by atoms with E-state index < -0.39 is 11.2 Å². The molecular formula is C50H59Cl2FN8O2S2. The van der Waals surface area contributed by atoms with Crippen molar-refractivity contribution in [2.24, 2.45) is 0 Å². The molecule has 0 saturated carbocycles. The number of pyridine rings is 2. The second-order valence-corrected chi connectivity index (χ2v) is 21.8. The fourth-order valence-corrected chi connectivity index (χ4v) is 12.0. The van der Waals surface area contributed by atoms with Crippen LogP contribution in [0.3, 0.4) is 0 Å². The Balaban J connectivity index is 1.02. The molecule has 2 saturated heterocycles. The lowest BCUT2D eigenvalue weighted by atomic mass is 9.83. The molecule has 0 aliphatic carbocycles. The Morgan fingerprint density at radius 3 is 1.83 bits per heavy atom. The fraction of sp³-hybridized carbons (Fsp3) is 0.520. The number of aryl methyl sites for hydroxylation is 2. The molecule has 4 aromatic rings. The van der Waals surface area contributed by atoms with Gasteiger partial charge in [-0.05, 0) is 114 Å². The van der Waals surface area contributed by atoms with Crippen molar-refractivity contribution in [3.05, 3.63) is 102 Å². The van der Waals surface area contributed by atoms with E-state index in [1.165, 1.54) is 11.8 Å². The molecule has 0 N–H and O–H groups in total. The van der Waals surface area contributed by atoms with E-state index in [0.717, 1.165) is 105 Å². The number of benzene rings is 2. The summed E-state index contributed by atoms with van der Waals surface area (Å²) in [5.41, 5.74) is 6.15. The number of ether oxygens (including phenoxy) is 2. The van der Waals surface area contributed by atoms with Crippen molar-refractivity contribution in [2.45, 2.75) is 100 Å². The van der Waals surface area contributed by atoms with Gasteiger partial charge in [-0.15, -0.1) is 23.5 Å². The third kappa shape index (κ3) is 11.1. The van der Waals surface area contributed by atoms with E-state index in [0.29, 0.717) is 92.6 Å². The molecule has 4 aliphatic heterocycles. The van der Waals surface area contributed by atoms with E-state index in [4.69, 9.17) is 42.6 Å². The van der Waals surface area contributed by atoms with E-state index >= 15 is 4.39 Å². The van der Waals surface area contributed by atoms with Crippen LogP contribution in [0.15, 0.2) is 46.5 Å². The monoisotopic (exact) mass is 956 g/mol. The molecule has 0 bridgehead atoms. The first kappa shape index (κ1) is 47.8. The summed E-state index contributed by atoms with van der Waals surface area (Å²) in [5.74, 6) is 2.79. The number of halogens is 3. The van der Waals surface area contributed by atoms with Crippen LogP contribution in [0.4, 0.5) is 16.0 Å². The van der Waals surface area contributed by atoms with Gasteiger partial charge in [-0.2, -0.15) is 10.5 Å². The molecule has 10 nitrogen and oxygen atoms in total. The number of nitrogens with zero attached hydrogens (tertiary/aromatic N) is 8. The highest BCUT2D eigenvalue weighted by Crippen LogP contribution is 2.42. The standard InChI is InChI=1S/C50H59Cl2FN8O2S2/c1-49(2)27-37-39(29-54)47(56-45(41(37)31-62-49)60-17-7-15-58(4)19-21-60)65-24-14-34-9-6-10-35(44(34)53)26-50(3)28-38-40(30-55)48(64-23-13-33-11-12-36(51)25-43(33)52)57-46(42(38)32-63-50)61-18-8-16-59(5)20-22-61/h6,9-12,25H,7-8,13-24,26-28,31-32H2,1-5H3. The molecule has 1 atom stereocenters. The van der Waals surface area contributed by atoms with Gasteiger partial charge in [0.15, 0.2) is 0 Å². The minimum absolute atomic E-state index is 0.238. The molecule has 8 rings (SSSR count). The number of aromatic nitrogens is 2. The van der Waals surface area contributed by atoms with Crippen LogP contribution in [0.2, 0.25) is 10.0 Å². The van der Waals surface area contributed by atoms with E-state index in [1.807, 2.05) is 37.3 Å². The van der Waals surface area contributed by atoms with E-state index in [-0.39, 0.29) is 12.4 Å². The molecule has 6 heterocycles. The number of rotatable bonds is 12. The largest absolute Gasteiger partial charge is 0.370 e. The summed E-state index contributed by atoms with van der Waals surface area (Å²) in [7, 11) is 4.30. The zero-order valence-corrected chi connectivity index (χ0v) is 41.4. The maximum Gasteiger partial charge on any atom is 0.135 e. The summed E-state index contributed by atoms with van der Waals surface area (Å²) in [6, 6.07) is 16.2. The van der Waals surface area contributed by atoms with Crippen LogP contribution in [0.5, 0.6) is 0 Å². The summed E-state index contributed by atoms with van der Waals surface area (Å²) in [4.78, 5) is 19.8. The topological polar surface area (TPSA) is 105 Å². The average molecular weight is 958 g/mol. The molecule has 15 heteroatoms. The highest BCUT2D eigenvalue weighted by Gasteiger charge is 2.38. The van der Waals surface area contributed by atoms with Gasteiger partial charge >= 0.3 is 0 Å². The van der Waals surface area contributed by atoms with Gasteiger partial charge in [-0.3, -0.25) is 0 Å². The maximum absolute atomic E-state index is 16.7. The number of thioether (sulfide) groups is 2. The number of anilines is 2. The van der Waals surface area contributed by atoms with Crippen LogP contribution >= 0.6 is 46.7 Å². The predicted octanol–water partition coefficient (Wildman–Crippen LogP) is 9.54. The molecule has 344 valence electrons. The van der Waals surface area contributed by atoms with Gasteiger partial charge in [-0.25, -0.2) is 14.4 Å². The minimum Gasteiger partial charge on any atom is -0.370 e. The van der Waals surface area contributed by atoms with Crippen LogP contribution in [0.25, 0.3) is 0 Å². The Morgan fingerprint density at radius 1 is 0.692 bits per heavy atom. The highest BCUT2D eigenvalue weighted by atomic mass is 35.5. The molecule has 2 fully saturated rings. The average Bonchev–Trinajstić information content (AvgIpc) is 3.63. The number of nitriles is 2. The fourth-order valence-electron chi connectivity index (χ4n) is 9.58. The summed E-state index contributed by atoms with van der Waals surface area (Å²) in [5, 5.41) is 23.9. The zero-order chi connectivity index (χ0) is 45.9. The van der Waals surface area contributed by atoms with Crippen molar-refractivity contribution in [2.75, 3.05) is 87.8 Å². The Hall–Kier alpha value is -3.63. The van der Waals surface area contributed by atoms with E-state index in [1.54, 1.807) is 17.8 Å². The van der Waals surface area contributed by atoms with Crippen LogP contribution in [-0.4, -0.2) is 109 Å². The number of fused-ring (bicyclic) bond motifs is 2. The SMILES string of the molecule is CN1CCCN(c2nc(SCCc3cccc(CC4(C)Cc5c(C#N)c(SCCc6ccc(Cl)cc6Cl)nc(N6CCCN(C)CC6)c5CO4)c3F)c(C#N)c3c2COC(C)(C)C3)CC1. The Labute approximate surface area is 402 Å². The maximum atomic E-state index is 16.7. The smallest absolute Gasteiger partial charge is 0.135 e.